The Morgan fingerprint density at radius 1 is 1.29 bits per heavy atom. The van der Waals surface area contributed by atoms with Crippen LogP contribution in [0.15, 0.2) is 0 Å². The first-order valence-corrected chi connectivity index (χ1v) is 6.84. The number of nitrogens with one attached hydrogen (secondary N) is 2. The van der Waals surface area contributed by atoms with Crippen LogP contribution in [0.25, 0.3) is 0 Å². The van der Waals surface area contributed by atoms with Gasteiger partial charge in [-0.25, -0.2) is 4.79 Å². The standard InChI is InChI=1S/C13H27N3O/c1-11(2)16(3)10-9-14-13(17)15-12-7-5-4-6-8-12/h11-12H,4-10H2,1-3H3,(H2,14,15,17). The Labute approximate surface area is 105 Å². The van der Waals surface area contributed by atoms with E-state index in [0.29, 0.717) is 18.6 Å². The van der Waals surface area contributed by atoms with Crippen molar-refractivity contribution in [2.75, 3.05) is 20.1 Å². The largest absolute Gasteiger partial charge is 0.337 e. The Bertz CT molecular complexity index is 225. The first kappa shape index (κ1) is 14.3. The predicted molar refractivity (Wildman–Crippen MR) is 71.2 cm³/mol. The highest BCUT2D eigenvalue weighted by Gasteiger charge is 2.15. The second-order valence-corrected chi connectivity index (χ2v) is 5.31. The van der Waals surface area contributed by atoms with Crippen LogP contribution in [0.3, 0.4) is 0 Å². The van der Waals surface area contributed by atoms with Crippen molar-refractivity contribution in [1.82, 2.24) is 15.5 Å². The Morgan fingerprint density at radius 2 is 1.94 bits per heavy atom. The van der Waals surface area contributed by atoms with E-state index < -0.39 is 0 Å². The molecule has 0 aromatic carbocycles. The van der Waals surface area contributed by atoms with Crippen LogP contribution >= 0.6 is 0 Å². The number of rotatable bonds is 5. The fourth-order valence-electron chi connectivity index (χ4n) is 2.09. The zero-order chi connectivity index (χ0) is 12.7. The topological polar surface area (TPSA) is 44.4 Å². The molecule has 0 atom stereocenters. The number of hydrogen-bond acceptors (Lipinski definition) is 2. The lowest BCUT2D eigenvalue weighted by molar-refractivity contribution is 0.227. The fraction of sp³-hybridized carbons (Fsp3) is 0.923. The molecule has 0 unspecified atom stereocenters. The molecule has 0 spiro atoms. The molecule has 0 aliphatic heterocycles. The van der Waals surface area contributed by atoms with Crippen molar-refractivity contribution in [3.05, 3.63) is 0 Å². The van der Waals surface area contributed by atoms with Crippen LogP contribution in [-0.4, -0.2) is 43.2 Å². The maximum atomic E-state index is 11.6. The Morgan fingerprint density at radius 3 is 2.53 bits per heavy atom. The van der Waals surface area contributed by atoms with E-state index in [1.54, 1.807) is 0 Å². The summed E-state index contributed by atoms with van der Waals surface area (Å²) in [5.74, 6) is 0. The minimum atomic E-state index is -0.00550. The van der Waals surface area contributed by atoms with Crippen LogP contribution in [-0.2, 0) is 0 Å². The van der Waals surface area contributed by atoms with E-state index in [0.717, 1.165) is 19.4 Å². The molecule has 2 N–H and O–H groups in total. The summed E-state index contributed by atoms with van der Waals surface area (Å²) in [5, 5.41) is 5.98. The normalized spacial score (nSPS) is 17.5. The summed E-state index contributed by atoms with van der Waals surface area (Å²) in [6.45, 7) is 5.92. The average Bonchev–Trinajstić information content (AvgIpc) is 2.30. The van der Waals surface area contributed by atoms with Crippen LogP contribution in [0.5, 0.6) is 0 Å². The van der Waals surface area contributed by atoms with Gasteiger partial charge >= 0.3 is 6.03 Å². The minimum Gasteiger partial charge on any atom is -0.337 e. The quantitative estimate of drug-likeness (QED) is 0.773. The summed E-state index contributed by atoms with van der Waals surface area (Å²) < 4.78 is 0. The minimum absolute atomic E-state index is 0.00550. The number of nitrogens with zero attached hydrogens (tertiary/aromatic N) is 1. The molecule has 100 valence electrons. The summed E-state index contributed by atoms with van der Waals surface area (Å²) in [6.07, 6.45) is 6.10. The average molecular weight is 241 g/mol. The van der Waals surface area contributed by atoms with Gasteiger partial charge < -0.3 is 15.5 Å². The van der Waals surface area contributed by atoms with Crippen LogP contribution < -0.4 is 10.6 Å². The number of carbonyl (C=O) groups is 1. The van der Waals surface area contributed by atoms with Gasteiger partial charge in [-0.1, -0.05) is 19.3 Å². The summed E-state index contributed by atoms with van der Waals surface area (Å²) in [7, 11) is 2.07. The van der Waals surface area contributed by atoms with Crippen LogP contribution in [0.1, 0.15) is 46.0 Å². The monoisotopic (exact) mass is 241 g/mol. The molecule has 1 rings (SSSR count). The maximum Gasteiger partial charge on any atom is 0.315 e. The van der Waals surface area contributed by atoms with Crippen molar-refractivity contribution in [3.8, 4) is 0 Å². The molecule has 4 heteroatoms. The highest BCUT2D eigenvalue weighted by molar-refractivity contribution is 5.74. The molecule has 0 aromatic heterocycles. The van der Waals surface area contributed by atoms with Gasteiger partial charge in [-0.15, -0.1) is 0 Å². The van der Waals surface area contributed by atoms with E-state index in [1.807, 2.05) is 0 Å². The van der Waals surface area contributed by atoms with Crippen molar-refractivity contribution < 1.29 is 4.79 Å². The van der Waals surface area contributed by atoms with Crippen molar-refractivity contribution in [1.29, 1.82) is 0 Å². The lowest BCUT2D eigenvalue weighted by Gasteiger charge is -2.24. The van der Waals surface area contributed by atoms with E-state index in [9.17, 15) is 4.79 Å². The summed E-state index contributed by atoms with van der Waals surface area (Å²) in [4.78, 5) is 13.8. The highest BCUT2D eigenvalue weighted by atomic mass is 16.2. The third-order valence-electron chi connectivity index (χ3n) is 3.57. The molecule has 0 bridgehead atoms. The van der Waals surface area contributed by atoms with Gasteiger partial charge in [0.2, 0.25) is 0 Å². The number of hydrogen-bond donors (Lipinski definition) is 2. The summed E-state index contributed by atoms with van der Waals surface area (Å²) in [6, 6.07) is 0.916. The van der Waals surface area contributed by atoms with Gasteiger partial charge in [0.25, 0.3) is 0 Å². The second-order valence-electron chi connectivity index (χ2n) is 5.31. The van der Waals surface area contributed by atoms with Crippen molar-refractivity contribution >= 4 is 6.03 Å². The van der Waals surface area contributed by atoms with Gasteiger partial charge in [-0.2, -0.15) is 0 Å². The zero-order valence-electron chi connectivity index (χ0n) is 11.5. The van der Waals surface area contributed by atoms with Gasteiger partial charge in [-0.3, -0.25) is 0 Å². The number of urea groups is 1. The SMILES string of the molecule is CC(C)N(C)CCNC(=O)NC1CCCCC1. The van der Waals surface area contributed by atoms with Crippen LogP contribution in [0.4, 0.5) is 4.79 Å². The van der Waals surface area contributed by atoms with Gasteiger partial charge in [-0.05, 0) is 33.7 Å². The van der Waals surface area contributed by atoms with E-state index >= 15 is 0 Å². The Hall–Kier alpha value is -0.770. The van der Waals surface area contributed by atoms with E-state index in [1.165, 1.54) is 19.3 Å². The number of amides is 2. The molecule has 0 aromatic rings. The molecular formula is C13H27N3O. The molecule has 0 heterocycles. The smallest absolute Gasteiger partial charge is 0.315 e. The predicted octanol–water partition coefficient (Wildman–Crippen LogP) is 1.96. The van der Waals surface area contributed by atoms with Gasteiger partial charge in [0, 0.05) is 25.2 Å². The van der Waals surface area contributed by atoms with Gasteiger partial charge in [0.15, 0.2) is 0 Å². The summed E-state index contributed by atoms with van der Waals surface area (Å²) in [5.41, 5.74) is 0. The molecule has 17 heavy (non-hydrogen) atoms. The number of likely N-dealkylation sites (N-methyl/N-ethyl adjacent to an activating group) is 1. The fourth-order valence-corrected chi connectivity index (χ4v) is 2.09. The third-order valence-corrected chi connectivity index (χ3v) is 3.57. The molecule has 0 radical (unpaired) electrons. The lowest BCUT2D eigenvalue weighted by Crippen LogP contribution is -2.45. The Kier molecular flexibility index (Phi) is 6.34. The molecule has 1 aliphatic carbocycles. The molecule has 4 nitrogen and oxygen atoms in total. The van der Waals surface area contributed by atoms with Crippen LogP contribution in [0, 0.1) is 0 Å². The van der Waals surface area contributed by atoms with E-state index in [4.69, 9.17) is 0 Å². The van der Waals surface area contributed by atoms with Crippen molar-refractivity contribution in [2.24, 2.45) is 0 Å². The summed E-state index contributed by atoms with van der Waals surface area (Å²) >= 11 is 0. The molecular weight excluding hydrogens is 214 g/mol. The zero-order valence-corrected chi connectivity index (χ0v) is 11.5. The number of carbonyl (C=O) groups excluding carboxylic acids is 1. The van der Waals surface area contributed by atoms with Crippen molar-refractivity contribution in [3.63, 3.8) is 0 Å². The van der Waals surface area contributed by atoms with E-state index in [-0.39, 0.29) is 6.03 Å². The molecule has 2 amide bonds. The highest BCUT2D eigenvalue weighted by Crippen LogP contribution is 2.16. The van der Waals surface area contributed by atoms with E-state index in [2.05, 4.69) is 36.4 Å². The first-order chi connectivity index (χ1) is 8.09. The van der Waals surface area contributed by atoms with Gasteiger partial charge in [0.1, 0.15) is 0 Å². The molecule has 1 saturated carbocycles. The molecule has 1 aliphatic rings. The second kappa shape index (κ2) is 7.54. The third kappa shape index (κ3) is 5.91. The first-order valence-electron chi connectivity index (χ1n) is 6.84. The lowest BCUT2D eigenvalue weighted by atomic mass is 9.96. The maximum absolute atomic E-state index is 11.6. The molecule has 0 saturated heterocycles. The molecule has 1 fully saturated rings. The van der Waals surface area contributed by atoms with Gasteiger partial charge in [0.05, 0.1) is 0 Å². The Balaban J connectivity index is 2.08. The van der Waals surface area contributed by atoms with Crippen LogP contribution in [0.2, 0.25) is 0 Å². The van der Waals surface area contributed by atoms with Crippen molar-refractivity contribution in [2.45, 2.75) is 58.0 Å².